The highest BCUT2D eigenvalue weighted by Crippen LogP contribution is 2.22. The lowest BCUT2D eigenvalue weighted by Gasteiger charge is -2.23. The zero-order chi connectivity index (χ0) is 13.7. The molecule has 5 nitrogen and oxygen atoms in total. The summed E-state index contributed by atoms with van der Waals surface area (Å²) in [6.45, 7) is 0. The van der Waals surface area contributed by atoms with E-state index in [2.05, 4.69) is 5.32 Å². The molecule has 1 fully saturated rings. The number of furan rings is 1. The minimum absolute atomic E-state index is 0.221. The quantitative estimate of drug-likeness (QED) is 0.520. The monoisotopic (exact) mass is 300 g/mol. The lowest BCUT2D eigenvalue weighted by molar-refractivity contribution is -0.402. The van der Waals surface area contributed by atoms with E-state index in [9.17, 15) is 10.1 Å². The van der Waals surface area contributed by atoms with Crippen molar-refractivity contribution in [2.75, 3.05) is 0 Å². The molecule has 1 heterocycles. The summed E-state index contributed by atoms with van der Waals surface area (Å²) in [6, 6.07) is 3.47. The van der Waals surface area contributed by atoms with Crippen molar-refractivity contribution in [2.45, 2.75) is 43.9 Å². The first kappa shape index (κ1) is 14.3. The highest BCUT2D eigenvalue weighted by atomic mass is 32.2. The van der Waals surface area contributed by atoms with E-state index in [0.717, 1.165) is 4.32 Å². The second kappa shape index (κ2) is 6.91. The van der Waals surface area contributed by atoms with Gasteiger partial charge in [0.15, 0.2) is 0 Å². The van der Waals surface area contributed by atoms with Crippen LogP contribution in [0.5, 0.6) is 0 Å². The second-order valence-corrected chi connectivity index (χ2v) is 6.20. The average molecular weight is 300 g/mol. The van der Waals surface area contributed by atoms with Gasteiger partial charge in [-0.25, -0.2) is 0 Å². The van der Waals surface area contributed by atoms with Crippen LogP contribution in [0.3, 0.4) is 0 Å². The van der Waals surface area contributed by atoms with Gasteiger partial charge in [0, 0.05) is 6.04 Å². The molecule has 1 aliphatic rings. The largest absolute Gasteiger partial charge is 0.433 e. The van der Waals surface area contributed by atoms with Crippen LogP contribution < -0.4 is 5.32 Å². The molecule has 1 aromatic rings. The van der Waals surface area contributed by atoms with Crippen molar-refractivity contribution >= 4 is 34.2 Å². The van der Waals surface area contributed by atoms with Crippen molar-refractivity contribution in [3.8, 4) is 0 Å². The van der Waals surface area contributed by atoms with Gasteiger partial charge in [0.25, 0.3) is 0 Å². The minimum atomic E-state index is -0.535. The predicted molar refractivity (Wildman–Crippen MR) is 79.3 cm³/mol. The van der Waals surface area contributed by atoms with E-state index in [1.807, 2.05) is 0 Å². The molecule has 19 heavy (non-hydrogen) atoms. The summed E-state index contributed by atoms with van der Waals surface area (Å²) < 4.78 is 5.82. The number of hydrogen-bond donors (Lipinski definition) is 1. The van der Waals surface area contributed by atoms with Crippen LogP contribution in [0.1, 0.15) is 37.9 Å². The van der Waals surface area contributed by atoms with E-state index in [0.29, 0.717) is 17.6 Å². The fraction of sp³-hybridized carbons (Fsp3) is 0.583. The van der Waals surface area contributed by atoms with Crippen LogP contribution in [0.15, 0.2) is 16.5 Å². The van der Waals surface area contributed by atoms with E-state index >= 15 is 0 Å². The summed E-state index contributed by atoms with van der Waals surface area (Å²) in [5, 5.41) is 13.8. The number of hydrogen-bond acceptors (Lipinski definition) is 5. The van der Waals surface area contributed by atoms with Gasteiger partial charge in [-0.1, -0.05) is 43.2 Å². The third-order valence-corrected chi connectivity index (χ3v) is 4.38. The zero-order valence-electron chi connectivity index (χ0n) is 10.5. The molecule has 0 amide bonds. The van der Waals surface area contributed by atoms with Crippen molar-refractivity contribution in [3.63, 3.8) is 0 Å². The maximum Gasteiger partial charge on any atom is 0.433 e. The first-order valence-electron chi connectivity index (χ1n) is 6.31. The number of thioether (sulfide) groups is 1. The highest BCUT2D eigenvalue weighted by Gasteiger charge is 2.15. The number of nitro groups is 1. The molecular weight excluding hydrogens is 284 g/mol. The van der Waals surface area contributed by atoms with E-state index in [-0.39, 0.29) is 5.88 Å². The summed E-state index contributed by atoms with van der Waals surface area (Å²) in [6.07, 6.45) is 6.18. The number of rotatable bonds is 4. The Morgan fingerprint density at radius 3 is 2.84 bits per heavy atom. The minimum Gasteiger partial charge on any atom is -0.405 e. The second-order valence-electron chi connectivity index (χ2n) is 4.55. The van der Waals surface area contributed by atoms with Crippen molar-refractivity contribution in [1.82, 2.24) is 5.32 Å². The van der Waals surface area contributed by atoms with Crippen molar-refractivity contribution in [3.05, 3.63) is 28.0 Å². The van der Waals surface area contributed by atoms with Crippen LogP contribution >= 0.6 is 24.0 Å². The Labute approximate surface area is 121 Å². The molecule has 1 N–H and O–H groups in total. The molecule has 0 unspecified atom stereocenters. The van der Waals surface area contributed by atoms with Crippen molar-refractivity contribution in [2.24, 2.45) is 0 Å². The topological polar surface area (TPSA) is 68.3 Å². The Bertz CT molecular complexity index is 456. The smallest absolute Gasteiger partial charge is 0.405 e. The number of nitrogens with zero attached hydrogens (tertiary/aromatic N) is 1. The molecule has 1 aliphatic carbocycles. The van der Waals surface area contributed by atoms with Gasteiger partial charge in [-0.05, 0) is 18.9 Å². The fourth-order valence-electron chi connectivity index (χ4n) is 2.13. The fourth-order valence-corrected chi connectivity index (χ4v) is 3.16. The zero-order valence-corrected chi connectivity index (χ0v) is 12.1. The van der Waals surface area contributed by atoms with Crippen LogP contribution in [0, 0.1) is 10.1 Å². The van der Waals surface area contributed by atoms with Gasteiger partial charge < -0.3 is 9.73 Å². The summed E-state index contributed by atoms with van der Waals surface area (Å²) in [7, 11) is 0. The first-order chi connectivity index (χ1) is 9.15. The maximum absolute atomic E-state index is 10.5. The van der Waals surface area contributed by atoms with Crippen molar-refractivity contribution < 1.29 is 9.34 Å². The summed E-state index contributed by atoms with van der Waals surface area (Å²) >= 11 is 6.72. The first-order valence-corrected chi connectivity index (χ1v) is 7.71. The van der Waals surface area contributed by atoms with Crippen LogP contribution in [0.4, 0.5) is 5.88 Å². The Morgan fingerprint density at radius 2 is 2.21 bits per heavy atom. The standard InChI is InChI=1S/C12H16N2O3S2/c15-14(16)11-7-6-10(17-11)8-19-12(18)13-9-4-2-1-3-5-9/h6-7,9H,1-5,8H2,(H,13,18). The van der Waals surface area contributed by atoms with E-state index in [4.69, 9.17) is 16.6 Å². The summed E-state index contributed by atoms with van der Waals surface area (Å²) in [4.78, 5) is 9.95. The molecule has 0 aromatic carbocycles. The van der Waals surface area contributed by atoms with Crippen LogP contribution in [-0.4, -0.2) is 15.3 Å². The van der Waals surface area contributed by atoms with Crippen LogP contribution in [-0.2, 0) is 5.75 Å². The molecule has 1 saturated carbocycles. The molecular formula is C12H16N2O3S2. The molecule has 0 aliphatic heterocycles. The Morgan fingerprint density at radius 1 is 1.47 bits per heavy atom. The van der Waals surface area contributed by atoms with Gasteiger partial charge in [-0.2, -0.15) is 0 Å². The van der Waals surface area contributed by atoms with Gasteiger partial charge in [-0.15, -0.1) is 0 Å². The highest BCUT2D eigenvalue weighted by molar-refractivity contribution is 8.22. The van der Waals surface area contributed by atoms with E-state index < -0.39 is 4.92 Å². The normalized spacial score (nSPS) is 16.2. The Balaban J connectivity index is 1.74. The molecule has 0 spiro atoms. The number of thiocarbonyl (C=S) groups is 1. The van der Waals surface area contributed by atoms with Gasteiger partial charge in [0.05, 0.1) is 11.8 Å². The SMILES string of the molecule is O=[N+]([O-])c1ccc(CSC(=S)NC2CCCCC2)o1. The van der Waals surface area contributed by atoms with Gasteiger partial charge in [0.1, 0.15) is 15.0 Å². The van der Waals surface area contributed by atoms with Gasteiger partial charge in [0.2, 0.25) is 0 Å². The van der Waals surface area contributed by atoms with Crippen LogP contribution in [0.2, 0.25) is 0 Å². The average Bonchev–Trinajstić information content (AvgIpc) is 2.86. The molecule has 2 rings (SSSR count). The third-order valence-electron chi connectivity index (χ3n) is 3.10. The van der Waals surface area contributed by atoms with Gasteiger partial charge >= 0.3 is 5.88 Å². The maximum atomic E-state index is 10.5. The Hall–Kier alpha value is -1.08. The summed E-state index contributed by atoms with van der Waals surface area (Å²) in [5.41, 5.74) is 0. The van der Waals surface area contributed by atoms with E-state index in [1.165, 1.54) is 49.9 Å². The predicted octanol–water partition coefficient (Wildman–Crippen LogP) is 3.63. The van der Waals surface area contributed by atoms with Crippen molar-refractivity contribution in [1.29, 1.82) is 0 Å². The molecule has 0 saturated heterocycles. The molecule has 0 radical (unpaired) electrons. The number of nitrogens with one attached hydrogen (secondary N) is 1. The third kappa shape index (κ3) is 4.50. The molecule has 0 bridgehead atoms. The molecule has 7 heteroatoms. The van der Waals surface area contributed by atoms with E-state index in [1.54, 1.807) is 6.07 Å². The summed E-state index contributed by atoms with van der Waals surface area (Å²) in [5.74, 6) is 0.873. The van der Waals surface area contributed by atoms with Crippen LogP contribution in [0.25, 0.3) is 0 Å². The molecule has 1 aromatic heterocycles. The Kier molecular flexibility index (Phi) is 5.21. The van der Waals surface area contributed by atoms with Gasteiger partial charge in [-0.3, -0.25) is 10.1 Å². The molecule has 104 valence electrons. The lowest BCUT2D eigenvalue weighted by Crippen LogP contribution is -2.33. The molecule has 0 atom stereocenters. The lowest BCUT2D eigenvalue weighted by atomic mass is 9.96.